The van der Waals surface area contributed by atoms with Gasteiger partial charge in [-0.25, -0.2) is 4.79 Å². The summed E-state index contributed by atoms with van der Waals surface area (Å²) >= 11 is 6.17. The summed E-state index contributed by atoms with van der Waals surface area (Å²) in [4.78, 5) is 22.1. The van der Waals surface area contributed by atoms with Crippen molar-refractivity contribution in [1.29, 1.82) is 0 Å². The number of halogens is 1. The van der Waals surface area contributed by atoms with E-state index in [1.54, 1.807) is 11.1 Å². The highest BCUT2D eigenvalue weighted by atomic mass is 35.5. The summed E-state index contributed by atoms with van der Waals surface area (Å²) in [6, 6.07) is 13.6. The Hall–Kier alpha value is -3.38. The molecule has 1 aliphatic heterocycles. The number of carbonyl (C=O) groups excluding carboxylic acids is 1. The van der Waals surface area contributed by atoms with Crippen molar-refractivity contribution in [3.63, 3.8) is 0 Å². The summed E-state index contributed by atoms with van der Waals surface area (Å²) in [6.07, 6.45) is 9.15. The van der Waals surface area contributed by atoms with Crippen LogP contribution in [-0.4, -0.2) is 38.6 Å². The molecule has 7 heteroatoms. The molecule has 0 saturated carbocycles. The molecule has 1 aromatic carbocycles. The Morgan fingerprint density at radius 2 is 1.74 bits per heavy atom. The number of hydrogen-bond acceptors (Lipinski definition) is 3. The molecule has 0 aliphatic carbocycles. The van der Waals surface area contributed by atoms with Crippen molar-refractivity contribution in [2.75, 3.05) is 13.1 Å². The first-order valence-corrected chi connectivity index (χ1v) is 10.7. The fourth-order valence-corrected chi connectivity index (χ4v) is 4.73. The first-order chi connectivity index (χ1) is 15.1. The zero-order chi connectivity index (χ0) is 21.4. The average molecular weight is 432 g/mol. The Balaban J connectivity index is 1.75. The van der Waals surface area contributed by atoms with Gasteiger partial charge in [0.1, 0.15) is 0 Å². The van der Waals surface area contributed by atoms with Gasteiger partial charge in [-0.1, -0.05) is 11.6 Å². The van der Waals surface area contributed by atoms with Gasteiger partial charge in [0, 0.05) is 53.3 Å². The van der Waals surface area contributed by atoms with Crippen LogP contribution in [0.3, 0.4) is 0 Å². The molecule has 1 aliphatic rings. The first-order valence-electron chi connectivity index (χ1n) is 10.3. The Labute approximate surface area is 185 Å². The number of nitrogens with two attached hydrogens (primary N) is 1. The minimum Gasteiger partial charge on any atom is -0.351 e. The number of benzene rings is 1. The number of piperidine rings is 1. The third-order valence-electron chi connectivity index (χ3n) is 6.04. The van der Waals surface area contributed by atoms with E-state index in [-0.39, 0.29) is 6.03 Å². The second kappa shape index (κ2) is 8.04. The molecule has 2 N–H and O–H groups in total. The van der Waals surface area contributed by atoms with Crippen LogP contribution in [0.15, 0.2) is 67.3 Å². The summed E-state index contributed by atoms with van der Waals surface area (Å²) in [5.41, 5.74) is 11.0. The van der Waals surface area contributed by atoms with E-state index in [1.165, 1.54) is 10.9 Å². The Morgan fingerprint density at radius 3 is 2.42 bits per heavy atom. The number of aromatic nitrogens is 3. The van der Waals surface area contributed by atoms with E-state index < -0.39 is 0 Å². The molecular weight excluding hydrogens is 410 g/mol. The molecule has 4 heterocycles. The van der Waals surface area contributed by atoms with Crippen LogP contribution in [0.5, 0.6) is 0 Å². The van der Waals surface area contributed by atoms with Gasteiger partial charge in [-0.05, 0) is 66.8 Å². The number of carbonyl (C=O) groups is 1. The molecule has 0 bridgehead atoms. The predicted octanol–water partition coefficient (Wildman–Crippen LogP) is 5.00. The summed E-state index contributed by atoms with van der Waals surface area (Å²) in [5.74, 6) is 0.296. The van der Waals surface area contributed by atoms with E-state index in [4.69, 9.17) is 17.3 Å². The maximum Gasteiger partial charge on any atom is 0.314 e. The van der Waals surface area contributed by atoms with Crippen molar-refractivity contribution in [3.8, 4) is 16.9 Å². The van der Waals surface area contributed by atoms with E-state index in [0.717, 1.165) is 35.3 Å². The Morgan fingerprint density at radius 1 is 1.00 bits per heavy atom. The lowest BCUT2D eigenvalue weighted by Gasteiger charge is -2.31. The fourth-order valence-electron chi connectivity index (χ4n) is 4.61. The number of likely N-dealkylation sites (tertiary alicyclic amines) is 1. The number of nitrogens with zero attached hydrogens (tertiary/aromatic N) is 4. The van der Waals surface area contributed by atoms with E-state index in [0.29, 0.717) is 24.0 Å². The Kier molecular flexibility index (Phi) is 5.08. The number of primary amides is 1. The predicted molar refractivity (Wildman–Crippen MR) is 122 cm³/mol. The van der Waals surface area contributed by atoms with Crippen molar-refractivity contribution >= 4 is 28.5 Å². The molecule has 31 heavy (non-hydrogen) atoms. The van der Waals surface area contributed by atoms with Crippen molar-refractivity contribution in [2.24, 2.45) is 5.73 Å². The van der Waals surface area contributed by atoms with Gasteiger partial charge >= 0.3 is 6.03 Å². The third-order valence-corrected chi connectivity index (χ3v) is 6.30. The number of hydrogen-bond donors (Lipinski definition) is 1. The van der Waals surface area contributed by atoms with Gasteiger partial charge in [0.15, 0.2) is 0 Å². The van der Waals surface area contributed by atoms with Gasteiger partial charge < -0.3 is 15.2 Å². The van der Waals surface area contributed by atoms with Gasteiger partial charge in [0.05, 0.1) is 17.4 Å². The number of fused-ring (bicyclic) bond motifs is 1. The molecule has 4 aromatic rings. The number of pyridine rings is 2. The van der Waals surface area contributed by atoms with Crippen LogP contribution in [0.4, 0.5) is 4.79 Å². The number of rotatable bonds is 3. The summed E-state index contributed by atoms with van der Waals surface area (Å²) < 4.78 is 2.24. The second-order valence-corrected chi connectivity index (χ2v) is 8.24. The van der Waals surface area contributed by atoms with Crippen LogP contribution in [0.1, 0.15) is 24.3 Å². The minimum atomic E-state index is -0.348. The Bertz CT molecular complexity index is 1230. The van der Waals surface area contributed by atoms with Gasteiger partial charge in [0.2, 0.25) is 0 Å². The summed E-state index contributed by atoms with van der Waals surface area (Å²) in [7, 11) is 0. The normalized spacial score (nSPS) is 14.8. The van der Waals surface area contributed by atoms with Crippen molar-refractivity contribution in [3.05, 3.63) is 77.8 Å². The largest absolute Gasteiger partial charge is 0.351 e. The zero-order valence-electron chi connectivity index (χ0n) is 16.9. The molecule has 0 radical (unpaired) electrons. The van der Waals surface area contributed by atoms with Crippen molar-refractivity contribution < 1.29 is 4.79 Å². The molecule has 0 spiro atoms. The lowest BCUT2D eigenvalue weighted by atomic mass is 9.86. The summed E-state index contributed by atoms with van der Waals surface area (Å²) in [6.45, 7) is 1.32. The van der Waals surface area contributed by atoms with E-state index in [2.05, 4.69) is 26.7 Å². The zero-order valence-corrected chi connectivity index (χ0v) is 17.7. The van der Waals surface area contributed by atoms with Crippen LogP contribution in [0.25, 0.3) is 27.8 Å². The number of amides is 2. The molecular formula is C24H22ClN5O. The highest BCUT2D eigenvalue weighted by Gasteiger charge is 2.29. The lowest BCUT2D eigenvalue weighted by molar-refractivity contribution is 0.191. The molecule has 0 atom stereocenters. The van der Waals surface area contributed by atoms with Crippen LogP contribution >= 0.6 is 11.6 Å². The highest BCUT2D eigenvalue weighted by Crippen LogP contribution is 2.43. The third kappa shape index (κ3) is 3.53. The van der Waals surface area contributed by atoms with Crippen molar-refractivity contribution in [1.82, 2.24) is 19.4 Å². The first kappa shape index (κ1) is 19.6. The van der Waals surface area contributed by atoms with E-state index in [9.17, 15) is 4.79 Å². The second-order valence-electron chi connectivity index (χ2n) is 7.81. The monoisotopic (exact) mass is 431 g/mol. The van der Waals surface area contributed by atoms with Gasteiger partial charge in [-0.2, -0.15) is 0 Å². The fraction of sp³-hybridized carbons (Fsp3) is 0.208. The van der Waals surface area contributed by atoms with Gasteiger partial charge in [0.25, 0.3) is 0 Å². The van der Waals surface area contributed by atoms with Gasteiger partial charge in [-0.15, -0.1) is 0 Å². The smallest absolute Gasteiger partial charge is 0.314 e. The SMILES string of the molecule is NC(=O)N1CCC(c2c(-c3cccnc3)n(-c3ccc(Cl)cc3)c3cnccc23)CC1. The van der Waals surface area contributed by atoms with Crippen LogP contribution < -0.4 is 5.73 Å². The molecule has 1 saturated heterocycles. The van der Waals surface area contributed by atoms with E-state index >= 15 is 0 Å². The van der Waals surface area contributed by atoms with E-state index in [1.807, 2.05) is 48.9 Å². The van der Waals surface area contributed by atoms with Crippen LogP contribution in [0.2, 0.25) is 5.02 Å². The number of urea groups is 1. The maximum atomic E-state index is 11.6. The molecule has 5 rings (SSSR count). The summed E-state index contributed by atoms with van der Waals surface area (Å²) in [5, 5.41) is 1.86. The van der Waals surface area contributed by atoms with Gasteiger partial charge in [-0.3, -0.25) is 9.97 Å². The standard InChI is InChI=1S/C24H22ClN5O/c25-18-3-5-19(6-4-18)30-21-15-28-11-7-20(21)22(23(30)17-2-1-10-27-14-17)16-8-12-29(13-9-16)24(26)31/h1-7,10-11,14-16H,8-9,12-13H2,(H2,26,31). The molecule has 6 nitrogen and oxygen atoms in total. The van der Waals surface area contributed by atoms with Crippen molar-refractivity contribution in [2.45, 2.75) is 18.8 Å². The van der Waals surface area contributed by atoms with Crippen LogP contribution in [0, 0.1) is 0 Å². The molecule has 1 fully saturated rings. The molecule has 0 unspecified atom stereocenters. The lowest BCUT2D eigenvalue weighted by Crippen LogP contribution is -2.41. The quantitative estimate of drug-likeness (QED) is 0.496. The highest BCUT2D eigenvalue weighted by molar-refractivity contribution is 6.30. The van der Waals surface area contributed by atoms with Crippen LogP contribution in [-0.2, 0) is 0 Å². The minimum absolute atomic E-state index is 0.296. The molecule has 2 amide bonds. The topological polar surface area (TPSA) is 77.0 Å². The maximum absolute atomic E-state index is 11.6. The average Bonchev–Trinajstić information content (AvgIpc) is 3.15. The molecule has 3 aromatic heterocycles. The molecule has 156 valence electrons.